The quantitative estimate of drug-likeness (QED) is 0.689. The number of nitrogens with zero attached hydrogens (tertiary/aromatic N) is 7. The van der Waals surface area contributed by atoms with Gasteiger partial charge in [0.25, 0.3) is 5.91 Å². The van der Waals surface area contributed by atoms with Gasteiger partial charge >= 0.3 is 0 Å². The molecule has 0 spiro atoms. The lowest BCUT2D eigenvalue weighted by molar-refractivity contribution is 0.0725. The molecule has 9 heteroatoms. The van der Waals surface area contributed by atoms with Crippen LogP contribution in [0.2, 0.25) is 0 Å². The van der Waals surface area contributed by atoms with Crippen LogP contribution in [-0.4, -0.2) is 47.2 Å². The van der Waals surface area contributed by atoms with Gasteiger partial charge in [-0.2, -0.15) is 10.1 Å². The third kappa shape index (κ3) is 3.00. The first-order chi connectivity index (χ1) is 12.1. The maximum absolute atomic E-state index is 12.9. The Labute approximate surface area is 143 Å². The molecule has 1 aliphatic heterocycles. The minimum atomic E-state index is -0.177. The van der Waals surface area contributed by atoms with Crippen molar-refractivity contribution in [1.29, 1.82) is 0 Å². The van der Waals surface area contributed by atoms with Crippen LogP contribution >= 0.6 is 0 Å². The maximum atomic E-state index is 12.9. The number of fused-ring (bicyclic) bond motifs is 1. The second-order valence-electron chi connectivity index (χ2n) is 6.11. The fourth-order valence-corrected chi connectivity index (χ4v) is 2.91. The SMILES string of the molecule is Cc1cnc(C(=O)N2Cc3ccnn3CC(c3nc(C)no3)C2)cn1. The highest BCUT2D eigenvalue weighted by Gasteiger charge is 2.30. The van der Waals surface area contributed by atoms with Gasteiger partial charge in [-0.25, -0.2) is 4.98 Å². The fourth-order valence-electron chi connectivity index (χ4n) is 2.91. The maximum Gasteiger partial charge on any atom is 0.274 e. The molecule has 9 nitrogen and oxygen atoms in total. The van der Waals surface area contributed by atoms with Gasteiger partial charge in [-0.1, -0.05) is 5.16 Å². The van der Waals surface area contributed by atoms with E-state index in [0.717, 1.165) is 11.4 Å². The van der Waals surface area contributed by atoms with Crippen LogP contribution in [0.4, 0.5) is 0 Å². The van der Waals surface area contributed by atoms with E-state index in [1.807, 2.05) is 17.7 Å². The molecule has 4 rings (SSSR count). The topological polar surface area (TPSA) is 103 Å². The van der Waals surface area contributed by atoms with Crippen LogP contribution in [0, 0.1) is 13.8 Å². The van der Waals surface area contributed by atoms with Crippen molar-refractivity contribution in [2.75, 3.05) is 6.54 Å². The zero-order chi connectivity index (χ0) is 17.4. The smallest absolute Gasteiger partial charge is 0.274 e. The van der Waals surface area contributed by atoms with Crippen LogP contribution in [-0.2, 0) is 13.1 Å². The van der Waals surface area contributed by atoms with Crippen LogP contribution in [0.15, 0.2) is 29.2 Å². The van der Waals surface area contributed by atoms with Gasteiger partial charge in [-0.15, -0.1) is 0 Å². The van der Waals surface area contributed by atoms with E-state index in [9.17, 15) is 4.79 Å². The number of carbonyl (C=O) groups excluding carboxylic acids is 1. The minimum absolute atomic E-state index is 0.135. The number of amides is 1. The number of hydrogen-bond acceptors (Lipinski definition) is 7. The molecule has 0 aromatic carbocycles. The molecule has 4 heterocycles. The Morgan fingerprint density at radius 3 is 2.84 bits per heavy atom. The summed E-state index contributed by atoms with van der Waals surface area (Å²) >= 11 is 0. The van der Waals surface area contributed by atoms with Gasteiger partial charge in [-0.05, 0) is 19.9 Å². The Balaban J connectivity index is 1.67. The molecule has 25 heavy (non-hydrogen) atoms. The van der Waals surface area contributed by atoms with Crippen LogP contribution in [0.3, 0.4) is 0 Å². The highest BCUT2D eigenvalue weighted by Crippen LogP contribution is 2.24. The number of rotatable bonds is 2. The second kappa shape index (κ2) is 6.08. The van der Waals surface area contributed by atoms with Crippen molar-refractivity contribution in [2.24, 2.45) is 0 Å². The van der Waals surface area contributed by atoms with Crippen molar-refractivity contribution >= 4 is 5.91 Å². The average Bonchev–Trinajstić information content (AvgIpc) is 3.19. The Morgan fingerprint density at radius 2 is 2.12 bits per heavy atom. The van der Waals surface area contributed by atoms with E-state index in [-0.39, 0.29) is 11.8 Å². The average molecular weight is 339 g/mol. The summed E-state index contributed by atoms with van der Waals surface area (Å²) in [5.41, 5.74) is 2.04. The van der Waals surface area contributed by atoms with E-state index < -0.39 is 0 Å². The predicted molar refractivity (Wildman–Crippen MR) is 85.5 cm³/mol. The molecule has 0 saturated heterocycles. The standard InChI is InChI=1S/C16H17N7O2/c1-10-5-18-14(6-17-10)16(24)22-7-12(15-20-11(2)21-25-15)8-23-13(9-22)3-4-19-23/h3-6,12H,7-9H2,1-2H3. The van der Waals surface area contributed by atoms with Gasteiger partial charge in [0, 0.05) is 18.9 Å². The highest BCUT2D eigenvalue weighted by molar-refractivity contribution is 5.92. The summed E-state index contributed by atoms with van der Waals surface area (Å²) in [5.74, 6) is 0.768. The van der Waals surface area contributed by atoms with E-state index >= 15 is 0 Å². The van der Waals surface area contributed by atoms with E-state index in [1.54, 1.807) is 24.2 Å². The number of aromatic nitrogens is 6. The number of carbonyl (C=O) groups is 1. The summed E-state index contributed by atoms with van der Waals surface area (Å²) in [6.07, 6.45) is 4.82. The molecule has 0 N–H and O–H groups in total. The van der Waals surface area contributed by atoms with E-state index in [1.165, 1.54) is 6.20 Å². The van der Waals surface area contributed by atoms with Crippen LogP contribution in [0.1, 0.15) is 39.5 Å². The lowest BCUT2D eigenvalue weighted by atomic mass is 10.1. The van der Waals surface area contributed by atoms with E-state index in [2.05, 4.69) is 25.2 Å². The largest absolute Gasteiger partial charge is 0.339 e. The molecular formula is C16H17N7O2. The summed E-state index contributed by atoms with van der Waals surface area (Å²) in [7, 11) is 0. The van der Waals surface area contributed by atoms with Gasteiger partial charge in [0.2, 0.25) is 5.89 Å². The van der Waals surface area contributed by atoms with E-state index in [4.69, 9.17) is 4.52 Å². The summed E-state index contributed by atoms with van der Waals surface area (Å²) in [5, 5.41) is 8.20. The molecule has 1 unspecified atom stereocenters. The Kier molecular flexibility index (Phi) is 3.75. The molecule has 1 atom stereocenters. The molecule has 0 saturated carbocycles. The third-order valence-corrected chi connectivity index (χ3v) is 4.17. The molecule has 1 aliphatic rings. The van der Waals surface area contributed by atoms with Gasteiger partial charge in [0.1, 0.15) is 5.69 Å². The lowest BCUT2D eigenvalue weighted by Gasteiger charge is -2.22. The molecule has 0 fully saturated rings. The molecule has 3 aromatic rings. The van der Waals surface area contributed by atoms with Crippen molar-refractivity contribution in [3.8, 4) is 0 Å². The normalized spacial score (nSPS) is 17.2. The summed E-state index contributed by atoms with van der Waals surface area (Å²) in [6.45, 7) is 5.07. The Hall–Kier alpha value is -3.10. The zero-order valence-corrected chi connectivity index (χ0v) is 14.0. The monoisotopic (exact) mass is 339 g/mol. The van der Waals surface area contributed by atoms with Crippen LogP contribution in [0.25, 0.3) is 0 Å². The van der Waals surface area contributed by atoms with Crippen molar-refractivity contribution in [3.63, 3.8) is 0 Å². The first kappa shape index (κ1) is 15.4. The predicted octanol–water partition coefficient (Wildman–Crippen LogP) is 1.11. The molecule has 0 radical (unpaired) electrons. The lowest BCUT2D eigenvalue weighted by Crippen LogP contribution is -2.34. The third-order valence-electron chi connectivity index (χ3n) is 4.17. The van der Waals surface area contributed by atoms with Crippen molar-refractivity contribution < 1.29 is 9.32 Å². The molecule has 0 aliphatic carbocycles. The van der Waals surface area contributed by atoms with Crippen LogP contribution in [0.5, 0.6) is 0 Å². The second-order valence-corrected chi connectivity index (χ2v) is 6.11. The van der Waals surface area contributed by atoms with Crippen LogP contribution < -0.4 is 0 Å². The molecular weight excluding hydrogens is 322 g/mol. The summed E-state index contributed by atoms with van der Waals surface area (Å²) < 4.78 is 7.21. The Bertz CT molecular complexity index is 899. The van der Waals surface area contributed by atoms with Gasteiger partial charge in [0.15, 0.2) is 5.82 Å². The van der Waals surface area contributed by atoms with Gasteiger partial charge < -0.3 is 9.42 Å². The molecule has 1 amide bonds. The van der Waals surface area contributed by atoms with Crippen molar-refractivity contribution in [1.82, 2.24) is 34.8 Å². The van der Waals surface area contributed by atoms with Crippen molar-refractivity contribution in [2.45, 2.75) is 32.9 Å². The summed E-state index contributed by atoms with van der Waals surface area (Å²) in [6, 6.07) is 1.91. The fraction of sp³-hybridized carbons (Fsp3) is 0.375. The molecule has 3 aromatic heterocycles. The number of hydrogen-bond donors (Lipinski definition) is 0. The first-order valence-corrected chi connectivity index (χ1v) is 7.99. The summed E-state index contributed by atoms with van der Waals surface area (Å²) in [4.78, 5) is 27.3. The molecule has 128 valence electrons. The minimum Gasteiger partial charge on any atom is -0.339 e. The first-order valence-electron chi connectivity index (χ1n) is 7.99. The van der Waals surface area contributed by atoms with Gasteiger partial charge in [0.05, 0.1) is 36.6 Å². The van der Waals surface area contributed by atoms with Gasteiger partial charge in [-0.3, -0.25) is 14.5 Å². The highest BCUT2D eigenvalue weighted by atomic mass is 16.5. The number of aryl methyl sites for hydroxylation is 2. The van der Waals surface area contributed by atoms with E-state index in [0.29, 0.717) is 37.0 Å². The zero-order valence-electron chi connectivity index (χ0n) is 14.0. The molecule has 0 bridgehead atoms. The van der Waals surface area contributed by atoms with Crippen molar-refractivity contribution in [3.05, 3.63) is 53.5 Å². The Morgan fingerprint density at radius 1 is 1.24 bits per heavy atom.